The van der Waals surface area contributed by atoms with E-state index in [1.165, 1.54) is 7.11 Å². The predicted molar refractivity (Wildman–Crippen MR) is 64.4 cm³/mol. The van der Waals surface area contributed by atoms with Crippen LogP contribution in [0.15, 0.2) is 12.2 Å². The summed E-state index contributed by atoms with van der Waals surface area (Å²) in [6.45, 7) is 2.08. The van der Waals surface area contributed by atoms with Gasteiger partial charge in [-0.1, -0.05) is 19.1 Å². The van der Waals surface area contributed by atoms with Crippen molar-refractivity contribution >= 4 is 11.8 Å². The highest BCUT2D eigenvalue weighted by atomic mass is 16.5. The van der Waals surface area contributed by atoms with Crippen LogP contribution in [0.25, 0.3) is 0 Å². The van der Waals surface area contributed by atoms with Gasteiger partial charge in [-0.3, -0.25) is 9.59 Å². The molecule has 0 unspecified atom stereocenters. The van der Waals surface area contributed by atoms with Crippen molar-refractivity contribution in [2.75, 3.05) is 7.11 Å². The molecule has 0 radical (unpaired) electrons. The molecule has 3 heteroatoms. The topological polar surface area (TPSA) is 43.4 Å². The minimum atomic E-state index is -0.229. The van der Waals surface area contributed by atoms with Gasteiger partial charge in [0.2, 0.25) is 0 Å². The number of ketones is 1. The monoisotopic (exact) mass is 236 g/mol. The average molecular weight is 236 g/mol. The van der Waals surface area contributed by atoms with Gasteiger partial charge in [0.05, 0.1) is 13.5 Å². The van der Waals surface area contributed by atoms with Crippen molar-refractivity contribution in [3.8, 4) is 0 Å². The molecule has 0 spiro atoms. The molecular weight excluding hydrogens is 216 g/mol. The van der Waals surface area contributed by atoms with Crippen molar-refractivity contribution in [1.29, 1.82) is 0 Å². The van der Waals surface area contributed by atoms with E-state index in [9.17, 15) is 9.59 Å². The van der Waals surface area contributed by atoms with Gasteiger partial charge in [-0.25, -0.2) is 0 Å². The smallest absolute Gasteiger partial charge is 0.306 e. The summed E-state index contributed by atoms with van der Waals surface area (Å²) in [6, 6.07) is 0. The first-order chi connectivity index (χ1) is 8.10. The van der Waals surface area contributed by atoms with E-state index in [1.54, 1.807) is 0 Å². The van der Waals surface area contributed by atoms with Gasteiger partial charge in [0, 0.05) is 11.8 Å². The molecule has 0 aromatic carbocycles. The zero-order valence-electron chi connectivity index (χ0n) is 10.6. The maximum Gasteiger partial charge on any atom is 0.306 e. The lowest BCUT2D eigenvalue weighted by molar-refractivity contribution is -0.142. The van der Waals surface area contributed by atoms with Crippen molar-refractivity contribution in [3.05, 3.63) is 12.2 Å². The summed E-state index contributed by atoms with van der Waals surface area (Å²) in [5.41, 5.74) is -0.303. The van der Waals surface area contributed by atoms with Gasteiger partial charge in [-0.15, -0.1) is 0 Å². The Hall–Kier alpha value is -1.12. The van der Waals surface area contributed by atoms with Crippen LogP contribution in [0, 0.1) is 10.8 Å². The van der Waals surface area contributed by atoms with Crippen LogP contribution in [-0.2, 0) is 14.3 Å². The number of methoxy groups -OCH3 is 1. The molecule has 0 aromatic rings. The van der Waals surface area contributed by atoms with Crippen LogP contribution < -0.4 is 0 Å². The first-order valence-electron chi connectivity index (χ1n) is 6.35. The van der Waals surface area contributed by atoms with Crippen LogP contribution in [0.4, 0.5) is 0 Å². The maximum atomic E-state index is 12.0. The fourth-order valence-corrected chi connectivity index (χ4v) is 3.37. The second-order valence-electron chi connectivity index (χ2n) is 5.30. The van der Waals surface area contributed by atoms with Gasteiger partial charge in [-0.2, -0.15) is 0 Å². The summed E-state index contributed by atoms with van der Waals surface area (Å²) in [6.07, 6.45) is 8.78. The standard InChI is InChI=1S/C14H20O3/c1-3-4-5-7-14-10-13(14,8-6-11(14)15)9-12(16)17-2/h4-5H,3,6-10H2,1-2H3/b5-4-/t13-,14+/m1/s1. The summed E-state index contributed by atoms with van der Waals surface area (Å²) in [7, 11) is 1.41. The van der Waals surface area contributed by atoms with Crippen LogP contribution in [-0.4, -0.2) is 18.9 Å². The fraction of sp³-hybridized carbons (Fsp3) is 0.714. The van der Waals surface area contributed by atoms with Crippen molar-refractivity contribution in [2.24, 2.45) is 10.8 Å². The fourth-order valence-electron chi connectivity index (χ4n) is 3.37. The number of ether oxygens (including phenoxy) is 1. The quantitative estimate of drug-likeness (QED) is 0.544. The Kier molecular flexibility index (Phi) is 3.11. The molecule has 3 nitrogen and oxygen atoms in total. The Balaban J connectivity index is 2.08. The van der Waals surface area contributed by atoms with Crippen molar-refractivity contribution in [3.63, 3.8) is 0 Å². The van der Waals surface area contributed by atoms with E-state index in [4.69, 9.17) is 4.74 Å². The molecule has 2 aliphatic rings. The third kappa shape index (κ3) is 1.81. The molecule has 0 saturated heterocycles. The number of Topliss-reactive ketones (excluding diaryl/α,β-unsaturated/α-hetero) is 1. The highest BCUT2D eigenvalue weighted by molar-refractivity contribution is 5.93. The van der Waals surface area contributed by atoms with E-state index in [0.29, 0.717) is 18.6 Å². The van der Waals surface area contributed by atoms with Gasteiger partial charge in [-0.05, 0) is 31.1 Å². The molecule has 2 aliphatic carbocycles. The number of esters is 1. The number of hydrogen-bond acceptors (Lipinski definition) is 3. The van der Waals surface area contributed by atoms with Crippen molar-refractivity contribution in [1.82, 2.24) is 0 Å². The lowest BCUT2D eigenvalue weighted by Gasteiger charge is -2.14. The molecule has 94 valence electrons. The van der Waals surface area contributed by atoms with Crippen LogP contribution in [0.3, 0.4) is 0 Å². The Morgan fingerprint density at radius 1 is 1.47 bits per heavy atom. The van der Waals surface area contributed by atoms with Crippen LogP contribution in [0.2, 0.25) is 0 Å². The molecule has 0 heterocycles. The zero-order valence-corrected chi connectivity index (χ0v) is 10.6. The SMILES string of the molecule is CC/C=C\C[C@@]12C[C@]1(CC(=O)OC)CCC2=O. The van der Waals surface area contributed by atoms with Gasteiger partial charge >= 0.3 is 5.97 Å². The number of hydrogen-bond donors (Lipinski definition) is 0. The van der Waals surface area contributed by atoms with Gasteiger partial charge < -0.3 is 4.74 Å². The highest BCUT2D eigenvalue weighted by Gasteiger charge is 2.73. The molecule has 0 amide bonds. The molecule has 0 N–H and O–H groups in total. The van der Waals surface area contributed by atoms with E-state index >= 15 is 0 Å². The average Bonchev–Trinajstić information content (AvgIpc) is 2.88. The van der Waals surface area contributed by atoms with E-state index < -0.39 is 0 Å². The summed E-state index contributed by atoms with van der Waals surface area (Å²) in [5.74, 6) is 0.170. The maximum absolute atomic E-state index is 12.0. The third-order valence-corrected chi connectivity index (χ3v) is 4.47. The van der Waals surface area contributed by atoms with Crippen LogP contribution >= 0.6 is 0 Å². The number of allylic oxidation sites excluding steroid dienone is 2. The van der Waals surface area contributed by atoms with Crippen LogP contribution in [0.1, 0.15) is 45.4 Å². The van der Waals surface area contributed by atoms with Gasteiger partial charge in [0.15, 0.2) is 0 Å². The first-order valence-corrected chi connectivity index (χ1v) is 6.35. The number of carbonyl (C=O) groups is 2. The Morgan fingerprint density at radius 2 is 2.24 bits per heavy atom. The molecule has 2 fully saturated rings. The minimum absolute atomic E-state index is 0.0741. The van der Waals surface area contributed by atoms with Gasteiger partial charge in [0.1, 0.15) is 5.78 Å². The zero-order chi connectivity index (χ0) is 12.5. The van der Waals surface area contributed by atoms with Crippen LogP contribution in [0.5, 0.6) is 0 Å². The van der Waals surface area contributed by atoms with Crippen molar-refractivity contribution in [2.45, 2.75) is 45.4 Å². The van der Waals surface area contributed by atoms with Crippen molar-refractivity contribution < 1.29 is 14.3 Å². The molecule has 0 bridgehead atoms. The number of rotatable bonds is 5. The second-order valence-corrected chi connectivity index (χ2v) is 5.30. The molecule has 0 aliphatic heterocycles. The van der Waals surface area contributed by atoms with E-state index in [-0.39, 0.29) is 16.8 Å². The predicted octanol–water partition coefficient (Wildman–Crippen LogP) is 2.65. The molecular formula is C14H20O3. The normalized spacial score (nSPS) is 35.1. The number of fused-ring (bicyclic) bond motifs is 1. The first kappa shape index (κ1) is 12.3. The lowest BCUT2D eigenvalue weighted by Crippen LogP contribution is -2.18. The third-order valence-electron chi connectivity index (χ3n) is 4.47. The summed E-state index contributed by atoms with van der Waals surface area (Å²) >= 11 is 0. The highest BCUT2D eigenvalue weighted by Crippen LogP contribution is 2.75. The summed E-state index contributed by atoms with van der Waals surface area (Å²) < 4.78 is 4.74. The molecule has 2 saturated carbocycles. The Morgan fingerprint density at radius 3 is 2.88 bits per heavy atom. The Labute approximate surface area is 102 Å². The summed E-state index contributed by atoms with van der Waals surface area (Å²) in [5, 5.41) is 0. The van der Waals surface area contributed by atoms with E-state index in [1.807, 2.05) is 0 Å². The minimum Gasteiger partial charge on any atom is -0.469 e. The summed E-state index contributed by atoms with van der Waals surface area (Å²) in [4.78, 5) is 23.4. The largest absolute Gasteiger partial charge is 0.469 e. The van der Waals surface area contributed by atoms with Gasteiger partial charge in [0.25, 0.3) is 0 Å². The second kappa shape index (κ2) is 4.28. The molecule has 2 atom stereocenters. The molecule has 17 heavy (non-hydrogen) atoms. The number of carbonyl (C=O) groups excluding carboxylic acids is 2. The Bertz CT molecular complexity index is 372. The van der Waals surface area contributed by atoms with E-state index in [2.05, 4.69) is 19.1 Å². The lowest BCUT2D eigenvalue weighted by atomic mass is 9.89. The van der Waals surface area contributed by atoms with E-state index in [0.717, 1.165) is 25.7 Å². The molecule has 2 rings (SSSR count). The molecule has 0 aromatic heterocycles.